The van der Waals surface area contributed by atoms with Crippen LogP contribution in [0, 0.1) is 0 Å². The van der Waals surface area contributed by atoms with Gasteiger partial charge in [-0.05, 0) is 42.0 Å². The van der Waals surface area contributed by atoms with Gasteiger partial charge < -0.3 is 0 Å². The maximum Gasteiger partial charge on any atom is 0.416 e. The molecular formula is C23H14ClF3N2. The molecule has 0 N–H and O–H groups in total. The number of benzene rings is 3. The lowest BCUT2D eigenvalue weighted by Gasteiger charge is -2.09. The van der Waals surface area contributed by atoms with Crippen molar-refractivity contribution in [3.8, 4) is 0 Å². The Morgan fingerprint density at radius 3 is 2.21 bits per heavy atom. The number of alkyl halides is 3. The minimum absolute atomic E-state index is 0.545. The summed E-state index contributed by atoms with van der Waals surface area (Å²) in [6, 6.07) is 19.7. The predicted octanol–water partition coefficient (Wildman–Crippen LogP) is 6.95. The quantitative estimate of drug-likeness (QED) is 0.436. The molecule has 0 bridgehead atoms. The number of para-hydroxylation sites is 1. The second kappa shape index (κ2) is 7.68. The number of allylic oxidation sites excluding steroid dienone is 1. The Balaban J connectivity index is 1.82. The van der Waals surface area contributed by atoms with E-state index in [9.17, 15) is 13.2 Å². The van der Waals surface area contributed by atoms with Gasteiger partial charge in [0.25, 0.3) is 0 Å². The van der Waals surface area contributed by atoms with Crippen molar-refractivity contribution in [3.63, 3.8) is 0 Å². The summed E-state index contributed by atoms with van der Waals surface area (Å²) >= 11 is 6.01. The second-order valence-corrected chi connectivity index (χ2v) is 6.87. The van der Waals surface area contributed by atoms with Gasteiger partial charge in [0.05, 0.1) is 22.7 Å². The number of rotatable bonds is 2. The summed E-state index contributed by atoms with van der Waals surface area (Å²) in [6.07, 6.45) is -0.947. The van der Waals surface area contributed by atoms with Crippen molar-refractivity contribution in [3.05, 3.63) is 106 Å². The lowest BCUT2D eigenvalue weighted by molar-refractivity contribution is -0.137. The van der Waals surface area contributed by atoms with Crippen molar-refractivity contribution in [2.45, 2.75) is 6.18 Å². The third-order valence-corrected chi connectivity index (χ3v) is 4.67. The van der Waals surface area contributed by atoms with Crippen LogP contribution in [0.5, 0.6) is 0 Å². The highest BCUT2D eigenvalue weighted by atomic mass is 35.5. The van der Waals surface area contributed by atoms with E-state index < -0.39 is 11.7 Å². The molecule has 0 aromatic heterocycles. The zero-order valence-corrected chi connectivity index (χ0v) is 15.7. The van der Waals surface area contributed by atoms with E-state index in [0.717, 1.165) is 28.9 Å². The standard InChI is InChI=1S/C23H14ClF3N2/c24-19-11-7-16(8-12-19)22-21(28-14-17-3-1-2-4-20(17)29-22)13-15-5-9-18(10-6-15)23(25,26)27/h1-14H/b21-13-. The minimum atomic E-state index is -4.37. The molecule has 0 spiro atoms. The number of nitrogens with zero attached hydrogens (tertiary/aromatic N) is 2. The van der Waals surface area contributed by atoms with Crippen LogP contribution in [0.15, 0.2) is 88.5 Å². The fourth-order valence-electron chi connectivity index (χ4n) is 2.93. The Kier molecular flexibility index (Phi) is 5.07. The molecule has 29 heavy (non-hydrogen) atoms. The predicted molar refractivity (Wildman–Crippen MR) is 111 cm³/mol. The van der Waals surface area contributed by atoms with E-state index >= 15 is 0 Å². The summed E-state index contributed by atoms with van der Waals surface area (Å²) in [7, 11) is 0. The summed E-state index contributed by atoms with van der Waals surface area (Å²) < 4.78 is 38.5. The molecule has 0 saturated carbocycles. The van der Waals surface area contributed by atoms with Crippen LogP contribution >= 0.6 is 11.6 Å². The van der Waals surface area contributed by atoms with Gasteiger partial charge in [-0.2, -0.15) is 13.2 Å². The van der Waals surface area contributed by atoms with Crippen molar-refractivity contribution in [2.75, 3.05) is 0 Å². The van der Waals surface area contributed by atoms with Crippen LogP contribution < -0.4 is 0 Å². The number of fused-ring (bicyclic) bond motifs is 1. The molecule has 0 amide bonds. The van der Waals surface area contributed by atoms with Crippen LogP contribution in [0.4, 0.5) is 18.9 Å². The van der Waals surface area contributed by atoms with Gasteiger partial charge in [-0.3, -0.25) is 4.99 Å². The lowest BCUT2D eigenvalue weighted by Crippen LogP contribution is -2.05. The number of hydrogen-bond donors (Lipinski definition) is 0. The third kappa shape index (κ3) is 4.30. The first kappa shape index (κ1) is 19.2. The topological polar surface area (TPSA) is 24.7 Å². The first-order valence-electron chi connectivity index (χ1n) is 8.77. The zero-order chi connectivity index (χ0) is 20.4. The highest BCUT2D eigenvalue weighted by Crippen LogP contribution is 2.30. The summed E-state index contributed by atoms with van der Waals surface area (Å²) in [5.41, 5.74) is 3.49. The van der Waals surface area contributed by atoms with Crippen LogP contribution in [-0.2, 0) is 6.18 Å². The molecule has 144 valence electrons. The van der Waals surface area contributed by atoms with Gasteiger partial charge in [-0.1, -0.05) is 54.1 Å². The van der Waals surface area contributed by atoms with Gasteiger partial charge in [0.15, 0.2) is 0 Å². The van der Waals surface area contributed by atoms with E-state index in [4.69, 9.17) is 16.6 Å². The van der Waals surface area contributed by atoms with Crippen LogP contribution in [0.3, 0.4) is 0 Å². The number of aliphatic imine (C=N–C) groups is 2. The molecule has 0 atom stereocenters. The molecular weight excluding hydrogens is 397 g/mol. The van der Waals surface area contributed by atoms with Crippen molar-refractivity contribution in [2.24, 2.45) is 9.98 Å². The smallest absolute Gasteiger partial charge is 0.254 e. The monoisotopic (exact) mass is 410 g/mol. The molecule has 2 nitrogen and oxygen atoms in total. The van der Waals surface area contributed by atoms with Crippen molar-refractivity contribution < 1.29 is 13.2 Å². The lowest BCUT2D eigenvalue weighted by atomic mass is 10.0. The highest BCUT2D eigenvalue weighted by molar-refractivity contribution is 6.30. The van der Waals surface area contributed by atoms with Gasteiger partial charge >= 0.3 is 6.18 Å². The number of hydrogen-bond acceptors (Lipinski definition) is 2. The molecule has 1 aliphatic heterocycles. The van der Waals surface area contributed by atoms with E-state index in [1.807, 2.05) is 36.4 Å². The van der Waals surface area contributed by atoms with Gasteiger partial charge in [0.2, 0.25) is 0 Å². The van der Waals surface area contributed by atoms with Gasteiger partial charge in [0.1, 0.15) is 0 Å². The summed E-state index contributed by atoms with van der Waals surface area (Å²) in [5, 5.41) is 0.597. The Labute approximate surface area is 170 Å². The molecule has 0 radical (unpaired) electrons. The molecule has 6 heteroatoms. The molecule has 0 fully saturated rings. The van der Waals surface area contributed by atoms with E-state index in [0.29, 0.717) is 22.0 Å². The minimum Gasteiger partial charge on any atom is -0.254 e. The molecule has 0 aliphatic carbocycles. The van der Waals surface area contributed by atoms with E-state index in [1.165, 1.54) is 12.1 Å². The first-order chi connectivity index (χ1) is 13.9. The average Bonchev–Trinajstić information content (AvgIpc) is 2.88. The molecule has 0 saturated heterocycles. The second-order valence-electron chi connectivity index (χ2n) is 6.43. The molecule has 1 aliphatic rings. The van der Waals surface area contributed by atoms with E-state index in [1.54, 1.807) is 24.4 Å². The Morgan fingerprint density at radius 2 is 1.52 bits per heavy atom. The Bertz CT molecular complexity index is 1130. The number of halogens is 4. The third-order valence-electron chi connectivity index (χ3n) is 4.41. The Morgan fingerprint density at radius 1 is 0.828 bits per heavy atom. The van der Waals surface area contributed by atoms with E-state index in [-0.39, 0.29) is 0 Å². The molecule has 1 heterocycles. The summed E-state index contributed by atoms with van der Waals surface area (Å²) in [6.45, 7) is 0. The molecule has 4 rings (SSSR count). The van der Waals surface area contributed by atoms with Crippen LogP contribution in [0.1, 0.15) is 22.3 Å². The molecule has 0 unspecified atom stereocenters. The average molecular weight is 411 g/mol. The SMILES string of the molecule is FC(F)(F)c1ccc(/C=C2\N=Cc3ccccc3N=C2c2ccc(Cl)cc2)cc1. The maximum atomic E-state index is 12.8. The van der Waals surface area contributed by atoms with Crippen molar-refractivity contribution in [1.29, 1.82) is 0 Å². The highest BCUT2D eigenvalue weighted by Gasteiger charge is 2.29. The van der Waals surface area contributed by atoms with Crippen molar-refractivity contribution in [1.82, 2.24) is 0 Å². The fourth-order valence-corrected chi connectivity index (χ4v) is 3.05. The van der Waals surface area contributed by atoms with Crippen LogP contribution in [0.25, 0.3) is 6.08 Å². The first-order valence-corrected chi connectivity index (χ1v) is 9.15. The fraction of sp³-hybridized carbons (Fsp3) is 0.0435. The van der Waals surface area contributed by atoms with Gasteiger partial charge in [-0.15, -0.1) is 0 Å². The Hall–Kier alpha value is -3.18. The van der Waals surface area contributed by atoms with E-state index in [2.05, 4.69) is 4.99 Å². The normalized spacial score (nSPS) is 15.0. The van der Waals surface area contributed by atoms with Gasteiger partial charge in [-0.25, -0.2) is 4.99 Å². The summed E-state index contributed by atoms with van der Waals surface area (Å²) in [5.74, 6) is 0. The van der Waals surface area contributed by atoms with Crippen LogP contribution in [0.2, 0.25) is 5.02 Å². The largest absolute Gasteiger partial charge is 0.416 e. The maximum absolute atomic E-state index is 12.8. The van der Waals surface area contributed by atoms with Gasteiger partial charge in [0, 0.05) is 22.4 Å². The van der Waals surface area contributed by atoms with Crippen LogP contribution in [-0.4, -0.2) is 11.9 Å². The molecule has 3 aromatic carbocycles. The zero-order valence-electron chi connectivity index (χ0n) is 15.0. The summed E-state index contributed by atoms with van der Waals surface area (Å²) in [4.78, 5) is 9.34. The molecule has 3 aromatic rings. The van der Waals surface area contributed by atoms with Crippen molar-refractivity contribution >= 4 is 35.3 Å².